The van der Waals surface area contributed by atoms with Gasteiger partial charge in [0.2, 0.25) is 0 Å². The molecule has 2 aromatic rings. The van der Waals surface area contributed by atoms with E-state index in [1.807, 2.05) is 68.1 Å². The van der Waals surface area contributed by atoms with Crippen molar-refractivity contribution in [1.29, 1.82) is 0 Å². The van der Waals surface area contributed by atoms with Crippen LogP contribution in [0.4, 0.5) is 4.79 Å². The van der Waals surface area contributed by atoms with Gasteiger partial charge in [0, 0.05) is 24.7 Å². The van der Waals surface area contributed by atoms with Crippen molar-refractivity contribution in [1.82, 2.24) is 10.2 Å². The van der Waals surface area contributed by atoms with Gasteiger partial charge >= 0.3 is 6.09 Å². The van der Waals surface area contributed by atoms with Crippen LogP contribution in [0.1, 0.15) is 49.5 Å². The fraction of sp³-hybridized carbons (Fsp3) is 0.391. The number of nitrogens with one attached hydrogen (secondary N) is 1. The van der Waals surface area contributed by atoms with Crippen molar-refractivity contribution in [3.63, 3.8) is 0 Å². The Morgan fingerprint density at radius 2 is 2.04 bits per heavy atom. The lowest BCUT2D eigenvalue weighted by atomic mass is 10.0. The molecule has 1 aliphatic heterocycles. The van der Waals surface area contributed by atoms with Gasteiger partial charge in [0.15, 0.2) is 0 Å². The molecule has 148 valence electrons. The number of likely N-dealkylation sites (tertiary alicyclic amines) is 1. The highest BCUT2D eigenvalue weighted by Crippen LogP contribution is 2.23. The quantitative estimate of drug-likeness (QED) is 0.846. The van der Waals surface area contributed by atoms with Gasteiger partial charge in [0.25, 0.3) is 5.91 Å². The summed E-state index contributed by atoms with van der Waals surface area (Å²) in [6, 6.07) is 11.6. The Balaban J connectivity index is 1.71. The lowest BCUT2D eigenvalue weighted by molar-refractivity contribution is 0.0452. The molecule has 28 heavy (non-hydrogen) atoms. The van der Waals surface area contributed by atoms with E-state index in [1.165, 1.54) is 0 Å². The van der Waals surface area contributed by atoms with Crippen LogP contribution < -0.4 is 5.32 Å². The molecule has 1 aliphatic rings. The third-order valence-electron chi connectivity index (χ3n) is 4.81. The first-order chi connectivity index (χ1) is 13.3. The monoisotopic (exact) mass is 380 g/mol. The van der Waals surface area contributed by atoms with Crippen molar-refractivity contribution in [3.8, 4) is 0 Å². The normalized spacial score (nSPS) is 17.2. The molecule has 5 nitrogen and oxygen atoms in total. The molecular weight excluding hydrogens is 352 g/mol. The molecule has 0 bridgehead atoms. The predicted octanol–water partition coefficient (Wildman–Crippen LogP) is 4.61. The molecule has 2 aromatic carbocycles. The number of nitrogens with zero attached hydrogens (tertiary/aromatic N) is 1. The van der Waals surface area contributed by atoms with Gasteiger partial charge in [-0.05, 0) is 62.1 Å². The van der Waals surface area contributed by atoms with Gasteiger partial charge in [0.1, 0.15) is 5.60 Å². The van der Waals surface area contributed by atoms with E-state index < -0.39 is 11.7 Å². The van der Waals surface area contributed by atoms with Gasteiger partial charge in [-0.15, -0.1) is 0 Å². The first kappa shape index (κ1) is 19.9. The molecule has 2 amide bonds. The van der Waals surface area contributed by atoms with Crippen LogP contribution in [0.3, 0.4) is 0 Å². The lowest BCUT2D eigenvalue weighted by Gasteiger charge is -2.33. The Morgan fingerprint density at radius 3 is 2.75 bits per heavy atom. The van der Waals surface area contributed by atoms with E-state index in [-0.39, 0.29) is 11.9 Å². The van der Waals surface area contributed by atoms with E-state index >= 15 is 0 Å². The largest absolute Gasteiger partial charge is 0.444 e. The maximum absolute atomic E-state index is 13.0. The van der Waals surface area contributed by atoms with Crippen molar-refractivity contribution < 1.29 is 14.3 Å². The topological polar surface area (TPSA) is 58.6 Å². The number of hydrogen-bond acceptors (Lipinski definition) is 3. The van der Waals surface area contributed by atoms with Gasteiger partial charge in [0.05, 0.1) is 0 Å². The molecule has 1 unspecified atom stereocenters. The number of amides is 2. The average Bonchev–Trinajstić information content (AvgIpc) is 2.65. The highest BCUT2D eigenvalue weighted by atomic mass is 16.6. The fourth-order valence-corrected chi connectivity index (χ4v) is 3.56. The zero-order chi connectivity index (χ0) is 20.3. The molecule has 1 fully saturated rings. The van der Waals surface area contributed by atoms with Crippen LogP contribution in [0.25, 0.3) is 16.8 Å². The summed E-state index contributed by atoms with van der Waals surface area (Å²) < 4.78 is 5.33. The Kier molecular flexibility index (Phi) is 5.73. The highest BCUT2D eigenvalue weighted by Gasteiger charge is 2.27. The lowest BCUT2D eigenvalue weighted by Crippen LogP contribution is -2.50. The number of alkyl carbamates (subject to hydrolysis) is 1. The molecule has 1 saturated heterocycles. The first-order valence-electron chi connectivity index (χ1n) is 9.71. The summed E-state index contributed by atoms with van der Waals surface area (Å²) in [6.07, 6.45) is 3.07. The molecule has 0 spiro atoms. The van der Waals surface area contributed by atoms with Crippen molar-refractivity contribution in [3.05, 3.63) is 54.1 Å². The number of benzene rings is 2. The highest BCUT2D eigenvalue weighted by molar-refractivity contribution is 6.00. The zero-order valence-electron chi connectivity index (χ0n) is 16.8. The van der Waals surface area contributed by atoms with Crippen LogP contribution >= 0.6 is 0 Å². The third-order valence-corrected chi connectivity index (χ3v) is 4.81. The van der Waals surface area contributed by atoms with Gasteiger partial charge in [-0.25, -0.2) is 4.79 Å². The third kappa shape index (κ3) is 4.71. The maximum atomic E-state index is 13.0. The summed E-state index contributed by atoms with van der Waals surface area (Å²) in [5.74, 6) is -0.0124. The summed E-state index contributed by atoms with van der Waals surface area (Å²) in [7, 11) is 0. The molecule has 0 aliphatic carbocycles. The summed E-state index contributed by atoms with van der Waals surface area (Å²) in [4.78, 5) is 26.9. The van der Waals surface area contributed by atoms with Gasteiger partial charge < -0.3 is 15.0 Å². The van der Waals surface area contributed by atoms with Crippen LogP contribution in [-0.2, 0) is 4.74 Å². The zero-order valence-corrected chi connectivity index (χ0v) is 16.8. The van der Waals surface area contributed by atoms with Crippen LogP contribution in [0.2, 0.25) is 0 Å². The predicted molar refractivity (Wildman–Crippen MR) is 112 cm³/mol. The number of carbonyl (C=O) groups excluding carboxylic acids is 2. The number of ether oxygens (including phenoxy) is 1. The minimum absolute atomic E-state index is 0.0124. The van der Waals surface area contributed by atoms with E-state index in [9.17, 15) is 9.59 Å². The molecule has 0 saturated carbocycles. The van der Waals surface area contributed by atoms with Crippen LogP contribution in [0.5, 0.6) is 0 Å². The molecule has 5 heteroatoms. The van der Waals surface area contributed by atoms with E-state index in [0.29, 0.717) is 18.7 Å². The number of rotatable bonds is 3. The smallest absolute Gasteiger partial charge is 0.407 e. The number of hydrogen-bond donors (Lipinski definition) is 1. The first-order valence-corrected chi connectivity index (χ1v) is 9.71. The van der Waals surface area contributed by atoms with Crippen LogP contribution in [-0.4, -0.2) is 41.6 Å². The Bertz CT molecular complexity index is 898. The molecule has 0 radical (unpaired) electrons. The van der Waals surface area contributed by atoms with Gasteiger partial charge in [-0.3, -0.25) is 4.79 Å². The molecule has 1 N–H and O–H groups in total. The van der Waals surface area contributed by atoms with Gasteiger partial charge in [-0.2, -0.15) is 0 Å². The SMILES string of the molecule is C=Cc1cccc2cc(C(=O)N3CCCC(NC(=O)OC(C)(C)C)C3)ccc12. The second-order valence-electron chi connectivity index (χ2n) is 8.22. The van der Waals surface area contributed by atoms with E-state index in [4.69, 9.17) is 4.74 Å². The van der Waals surface area contributed by atoms with E-state index in [2.05, 4.69) is 11.9 Å². The summed E-state index contributed by atoms with van der Waals surface area (Å²) in [5, 5.41) is 4.99. The number of fused-ring (bicyclic) bond motifs is 1. The second-order valence-corrected chi connectivity index (χ2v) is 8.22. The standard InChI is InChI=1S/C23H28N2O3/c1-5-16-8-6-9-17-14-18(11-12-20(16)17)21(26)25-13-7-10-19(15-25)24-22(27)28-23(2,3)4/h5-6,8-9,11-12,14,19H,1,7,10,13,15H2,2-4H3,(H,24,27). The summed E-state index contributed by atoms with van der Waals surface area (Å²) in [5.41, 5.74) is 1.17. The maximum Gasteiger partial charge on any atom is 0.407 e. The van der Waals surface area contributed by atoms with Crippen LogP contribution in [0, 0.1) is 0 Å². The average molecular weight is 380 g/mol. The second kappa shape index (κ2) is 8.05. The minimum atomic E-state index is -0.538. The van der Waals surface area contributed by atoms with E-state index in [0.717, 1.165) is 29.2 Å². The minimum Gasteiger partial charge on any atom is -0.444 e. The number of piperidine rings is 1. The molecular formula is C23H28N2O3. The molecule has 0 aromatic heterocycles. The Morgan fingerprint density at radius 1 is 1.25 bits per heavy atom. The summed E-state index contributed by atoms with van der Waals surface area (Å²) >= 11 is 0. The Hall–Kier alpha value is -2.82. The molecule has 1 atom stereocenters. The van der Waals surface area contributed by atoms with Crippen molar-refractivity contribution >= 4 is 28.8 Å². The Labute approximate surface area is 166 Å². The van der Waals surface area contributed by atoms with Crippen molar-refractivity contribution in [2.45, 2.75) is 45.3 Å². The van der Waals surface area contributed by atoms with Crippen LogP contribution in [0.15, 0.2) is 43.0 Å². The molecule has 3 rings (SSSR count). The molecule has 1 heterocycles. The van der Waals surface area contributed by atoms with Gasteiger partial charge in [-0.1, -0.05) is 36.9 Å². The van der Waals surface area contributed by atoms with E-state index in [1.54, 1.807) is 0 Å². The summed E-state index contributed by atoms with van der Waals surface area (Å²) in [6.45, 7) is 10.5. The fourth-order valence-electron chi connectivity index (χ4n) is 3.56. The van der Waals surface area contributed by atoms with Crippen molar-refractivity contribution in [2.75, 3.05) is 13.1 Å². The van der Waals surface area contributed by atoms with Crippen molar-refractivity contribution in [2.24, 2.45) is 0 Å². The number of carbonyl (C=O) groups is 2.